The van der Waals surface area contributed by atoms with Crippen LogP contribution in [0.25, 0.3) is 21.8 Å². The standard InChI is InChI=1S/C29H27N3O3/c1-34-26-15-7-4-12-23(26)29(33)30-18-17-28-31-24-13-5-6-14-25(24)32(28)19-20-35-27-16-8-10-21-9-2-3-11-22(21)27/h2-16H,17-20H2,1H3,(H,30,33). The van der Waals surface area contributed by atoms with E-state index in [4.69, 9.17) is 14.5 Å². The lowest BCUT2D eigenvalue weighted by Crippen LogP contribution is -2.27. The van der Waals surface area contributed by atoms with Gasteiger partial charge >= 0.3 is 0 Å². The molecule has 1 heterocycles. The highest BCUT2D eigenvalue weighted by atomic mass is 16.5. The lowest BCUT2D eigenvalue weighted by molar-refractivity contribution is 0.0951. The van der Waals surface area contributed by atoms with Gasteiger partial charge in [0.25, 0.3) is 5.91 Å². The maximum Gasteiger partial charge on any atom is 0.255 e. The smallest absolute Gasteiger partial charge is 0.255 e. The van der Waals surface area contributed by atoms with E-state index in [1.165, 1.54) is 0 Å². The fourth-order valence-corrected chi connectivity index (χ4v) is 4.35. The molecule has 0 aliphatic heterocycles. The number of para-hydroxylation sites is 3. The minimum Gasteiger partial charge on any atom is -0.496 e. The Hall–Kier alpha value is -4.32. The number of carbonyl (C=O) groups is 1. The third-order valence-electron chi connectivity index (χ3n) is 6.04. The second kappa shape index (κ2) is 10.3. The van der Waals surface area contributed by atoms with E-state index in [1.54, 1.807) is 19.2 Å². The van der Waals surface area contributed by atoms with Crippen LogP contribution >= 0.6 is 0 Å². The van der Waals surface area contributed by atoms with Crippen LogP contribution in [0.2, 0.25) is 0 Å². The van der Waals surface area contributed by atoms with E-state index in [0.29, 0.717) is 37.4 Å². The van der Waals surface area contributed by atoms with Crippen molar-refractivity contribution in [2.45, 2.75) is 13.0 Å². The van der Waals surface area contributed by atoms with Gasteiger partial charge in [0.1, 0.15) is 23.9 Å². The highest BCUT2D eigenvalue weighted by molar-refractivity contribution is 5.96. The third-order valence-corrected chi connectivity index (χ3v) is 6.04. The van der Waals surface area contributed by atoms with Gasteiger partial charge in [-0.3, -0.25) is 4.79 Å². The van der Waals surface area contributed by atoms with Crippen LogP contribution < -0.4 is 14.8 Å². The number of amides is 1. The van der Waals surface area contributed by atoms with Crippen molar-refractivity contribution in [3.05, 3.63) is 102 Å². The van der Waals surface area contributed by atoms with Gasteiger partial charge in [-0.1, -0.05) is 60.7 Å². The number of ether oxygens (including phenoxy) is 2. The van der Waals surface area contributed by atoms with Crippen molar-refractivity contribution >= 4 is 27.7 Å². The summed E-state index contributed by atoms with van der Waals surface area (Å²) < 4.78 is 13.7. The molecular weight excluding hydrogens is 438 g/mol. The summed E-state index contributed by atoms with van der Waals surface area (Å²) in [6.07, 6.45) is 0.601. The average Bonchev–Trinajstić information content (AvgIpc) is 3.26. The van der Waals surface area contributed by atoms with Gasteiger partial charge in [-0.2, -0.15) is 0 Å². The predicted molar refractivity (Wildman–Crippen MR) is 138 cm³/mol. The molecule has 35 heavy (non-hydrogen) atoms. The second-order valence-corrected chi connectivity index (χ2v) is 8.20. The maximum atomic E-state index is 12.7. The Bertz CT molecular complexity index is 1470. The highest BCUT2D eigenvalue weighted by Gasteiger charge is 2.14. The van der Waals surface area contributed by atoms with E-state index in [-0.39, 0.29) is 5.91 Å². The Morgan fingerprint density at radius 1 is 0.886 bits per heavy atom. The Morgan fingerprint density at radius 2 is 1.63 bits per heavy atom. The van der Waals surface area contributed by atoms with Crippen molar-refractivity contribution < 1.29 is 14.3 Å². The Balaban J connectivity index is 1.29. The molecule has 5 aromatic rings. The van der Waals surface area contributed by atoms with Crippen molar-refractivity contribution in [1.29, 1.82) is 0 Å². The number of nitrogens with one attached hydrogen (secondary N) is 1. The number of methoxy groups -OCH3 is 1. The van der Waals surface area contributed by atoms with E-state index in [0.717, 1.165) is 33.4 Å². The first-order valence-electron chi connectivity index (χ1n) is 11.7. The first kappa shape index (κ1) is 22.5. The van der Waals surface area contributed by atoms with Gasteiger partial charge in [0, 0.05) is 18.4 Å². The van der Waals surface area contributed by atoms with E-state index in [1.807, 2.05) is 54.6 Å². The summed E-state index contributed by atoms with van der Waals surface area (Å²) in [5.74, 6) is 2.18. The number of aromatic nitrogens is 2. The normalized spacial score (nSPS) is 11.0. The van der Waals surface area contributed by atoms with Crippen molar-refractivity contribution in [2.75, 3.05) is 20.3 Å². The van der Waals surface area contributed by atoms with Gasteiger partial charge in [-0.25, -0.2) is 4.98 Å². The van der Waals surface area contributed by atoms with Crippen LogP contribution in [-0.2, 0) is 13.0 Å². The van der Waals surface area contributed by atoms with Crippen LogP contribution in [0, 0.1) is 0 Å². The van der Waals surface area contributed by atoms with Gasteiger partial charge in [-0.05, 0) is 35.7 Å². The zero-order valence-electron chi connectivity index (χ0n) is 19.6. The SMILES string of the molecule is COc1ccccc1C(=O)NCCc1nc2ccccc2n1CCOc1cccc2ccccc12. The number of rotatable bonds is 9. The van der Waals surface area contributed by atoms with Gasteiger partial charge in [0.05, 0.1) is 30.3 Å². The number of fused-ring (bicyclic) bond motifs is 2. The molecule has 4 aromatic carbocycles. The van der Waals surface area contributed by atoms with Gasteiger partial charge in [0.2, 0.25) is 0 Å². The molecule has 1 amide bonds. The molecule has 0 atom stereocenters. The average molecular weight is 466 g/mol. The van der Waals surface area contributed by atoms with Crippen LogP contribution in [0.4, 0.5) is 0 Å². The van der Waals surface area contributed by atoms with Crippen LogP contribution in [0.15, 0.2) is 91.0 Å². The van der Waals surface area contributed by atoms with Crippen LogP contribution in [-0.4, -0.2) is 35.7 Å². The molecule has 0 fully saturated rings. The van der Waals surface area contributed by atoms with Crippen molar-refractivity contribution in [3.8, 4) is 11.5 Å². The molecule has 1 aromatic heterocycles. The van der Waals surface area contributed by atoms with Crippen molar-refractivity contribution in [2.24, 2.45) is 0 Å². The lowest BCUT2D eigenvalue weighted by atomic mass is 10.1. The van der Waals surface area contributed by atoms with E-state index < -0.39 is 0 Å². The molecule has 0 radical (unpaired) electrons. The monoisotopic (exact) mass is 465 g/mol. The number of benzene rings is 4. The molecule has 0 spiro atoms. The van der Waals surface area contributed by atoms with E-state index >= 15 is 0 Å². The van der Waals surface area contributed by atoms with Crippen LogP contribution in [0.1, 0.15) is 16.2 Å². The van der Waals surface area contributed by atoms with Crippen molar-refractivity contribution in [3.63, 3.8) is 0 Å². The Labute approximate surface area is 204 Å². The second-order valence-electron chi connectivity index (χ2n) is 8.20. The summed E-state index contributed by atoms with van der Waals surface area (Å²) >= 11 is 0. The van der Waals surface area contributed by atoms with Gasteiger partial charge in [-0.15, -0.1) is 0 Å². The maximum absolute atomic E-state index is 12.7. The molecule has 0 unspecified atom stereocenters. The molecule has 0 aliphatic rings. The molecule has 0 saturated carbocycles. The summed E-state index contributed by atoms with van der Waals surface area (Å²) in [6.45, 7) is 1.62. The number of carbonyl (C=O) groups excluding carboxylic acids is 1. The molecule has 0 saturated heterocycles. The summed E-state index contributed by atoms with van der Waals surface area (Å²) in [7, 11) is 1.56. The van der Waals surface area contributed by atoms with E-state index in [9.17, 15) is 4.79 Å². The number of imidazole rings is 1. The molecule has 0 aliphatic carbocycles. The topological polar surface area (TPSA) is 65.4 Å². The lowest BCUT2D eigenvalue weighted by Gasteiger charge is -2.13. The molecule has 0 bridgehead atoms. The summed E-state index contributed by atoms with van der Waals surface area (Å²) in [5, 5.41) is 5.25. The molecule has 5 rings (SSSR count). The minimum atomic E-state index is -0.163. The number of nitrogens with zero attached hydrogens (tertiary/aromatic N) is 2. The first-order valence-corrected chi connectivity index (χ1v) is 11.7. The molecular formula is C29H27N3O3. The van der Waals surface area contributed by atoms with Crippen LogP contribution in [0.5, 0.6) is 11.5 Å². The van der Waals surface area contributed by atoms with Crippen LogP contribution in [0.3, 0.4) is 0 Å². The van der Waals surface area contributed by atoms with Gasteiger partial charge in [0.15, 0.2) is 0 Å². The fourth-order valence-electron chi connectivity index (χ4n) is 4.35. The number of hydrogen-bond acceptors (Lipinski definition) is 4. The Kier molecular flexibility index (Phi) is 6.61. The zero-order valence-corrected chi connectivity index (χ0v) is 19.6. The molecule has 176 valence electrons. The van der Waals surface area contributed by atoms with Gasteiger partial charge < -0.3 is 19.4 Å². The predicted octanol–water partition coefficient (Wildman–Crippen LogP) is 5.25. The molecule has 6 nitrogen and oxygen atoms in total. The Morgan fingerprint density at radius 3 is 2.54 bits per heavy atom. The number of hydrogen-bond donors (Lipinski definition) is 1. The van der Waals surface area contributed by atoms with Crippen molar-refractivity contribution in [1.82, 2.24) is 14.9 Å². The third kappa shape index (κ3) is 4.82. The highest BCUT2D eigenvalue weighted by Crippen LogP contribution is 2.25. The zero-order chi connectivity index (χ0) is 24.0. The summed E-state index contributed by atoms with van der Waals surface area (Å²) in [5.41, 5.74) is 2.51. The quantitative estimate of drug-likeness (QED) is 0.323. The summed E-state index contributed by atoms with van der Waals surface area (Å²) in [4.78, 5) is 17.5. The van der Waals surface area contributed by atoms with E-state index in [2.05, 4.69) is 34.1 Å². The molecule has 6 heteroatoms. The summed E-state index contributed by atoms with van der Waals surface area (Å²) in [6, 6.07) is 29.6. The molecule has 1 N–H and O–H groups in total. The minimum absolute atomic E-state index is 0.163. The largest absolute Gasteiger partial charge is 0.496 e. The fraction of sp³-hybridized carbons (Fsp3) is 0.172. The first-order chi connectivity index (χ1) is 17.2.